The number of likely N-dealkylation sites (N-methyl/N-ethyl adjacent to an activating group) is 1. The van der Waals surface area contributed by atoms with Crippen molar-refractivity contribution in [3.63, 3.8) is 0 Å². The number of benzene rings is 2. The number of aromatic nitrogens is 1. The highest BCUT2D eigenvalue weighted by atomic mass is 16.1. The molecule has 0 unspecified atom stereocenters. The molecule has 3 aromatic rings. The zero-order chi connectivity index (χ0) is 16.4. The van der Waals surface area contributed by atoms with Gasteiger partial charge >= 0.3 is 0 Å². The van der Waals surface area contributed by atoms with E-state index < -0.39 is 0 Å². The Kier molecular flexibility index (Phi) is 4.26. The van der Waals surface area contributed by atoms with E-state index in [0.29, 0.717) is 12.1 Å². The zero-order valence-corrected chi connectivity index (χ0v) is 13.8. The number of hydrogen-bond acceptors (Lipinski definition) is 3. The SMILES string of the molecule is Cc1cccc2nc3c(C(=O)NCCN(C)C)cccc3cc12. The Labute approximate surface area is 136 Å². The molecule has 1 aromatic heterocycles. The van der Waals surface area contributed by atoms with Gasteiger partial charge in [0, 0.05) is 23.9 Å². The molecular formula is C19H21N3O. The maximum Gasteiger partial charge on any atom is 0.253 e. The number of hydrogen-bond donors (Lipinski definition) is 1. The quantitative estimate of drug-likeness (QED) is 0.754. The summed E-state index contributed by atoms with van der Waals surface area (Å²) in [5, 5.41) is 5.08. The third-order valence-electron chi connectivity index (χ3n) is 3.99. The van der Waals surface area contributed by atoms with Crippen LogP contribution in [0.1, 0.15) is 15.9 Å². The van der Waals surface area contributed by atoms with Crippen molar-refractivity contribution in [2.75, 3.05) is 27.2 Å². The summed E-state index contributed by atoms with van der Waals surface area (Å²) in [5.74, 6) is -0.0723. The fourth-order valence-corrected chi connectivity index (χ4v) is 2.70. The van der Waals surface area contributed by atoms with Crippen LogP contribution in [-0.2, 0) is 0 Å². The van der Waals surface area contributed by atoms with Crippen LogP contribution in [0.4, 0.5) is 0 Å². The van der Waals surface area contributed by atoms with Gasteiger partial charge in [-0.1, -0.05) is 24.3 Å². The van der Waals surface area contributed by atoms with Crippen molar-refractivity contribution in [2.24, 2.45) is 0 Å². The van der Waals surface area contributed by atoms with Gasteiger partial charge < -0.3 is 10.2 Å². The minimum Gasteiger partial charge on any atom is -0.351 e. The molecule has 4 heteroatoms. The minimum atomic E-state index is -0.0723. The van der Waals surface area contributed by atoms with E-state index in [1.807, 2.05) is 49.3 Å². The van der Waals surface area contributed by atoms with Crippen molar-refractivity contribution in [1.82, 2.24) is 15.2 Å². The fraction of sp³-hybridized carbons (Fsp3) is 0.263. The van der Waals surface area contributed by atoms with Gasteiger partial charge in [-0.05, 0) is 44.8 Å². The molecule has 0 saturated carbocycles. The van der Waals surface area contributed by atoms with E-state index in [1.54, 1.807) is 0 Å². The summed E-state index contributed by atoms with van der Waals surface area (Å²) < 4.78 is 0. The van der Waals surface area contributed by atoms with Crippen molar-refractivity contribution in [1.29, 1.82) is 0 Å². The lowest BCUT2D eigenvalue weighted by molar-refractivity contribution is 0.0952. The van der Waals surface area contributed by atoms with E-state index in [0.717, 1.165) is 28.4 Å². The summed E-state index contributed by atoms with van der Waals surface area (Å²) in [6.07, 6.45) is 0. The number of carbonyl (C=O) groups is 1. The molecule has 1 amide bonds. The number of fused-ring (bicyclic) bond motifs is 2. The molecule has 23 heavy (non-hydrogen) atoms. The Balaban J connectivity index is 2.02. The Morgan fingerprint density at radius 2 is 1.96 bits per heavy atom. The smallest absolute Gasteiger partial charge is 0.253 e. The molecule has 0 bridgehead atoms. The van der Waals surface area contributed by atoms with E-state index in [4.69, 9.17) is 4.98 Å². The molecular weight excluding hydrogens is 286 g/mol. The van der Waals surface area contributed by atoms with Crippen molar-refractivity contribution >= 4 is 27.7 Å². The lowest BCUT2D eigenvalue weighted by atomic mass is 10.0. The molecule has 0 aliphatic carbocycles. The molecule has 1 N–H and O–H groups in total. The summed E-state index contributed by atoms with van der Waals surface area (Å²) in [4.78, 5) is 19.2. The van der Waals surface area contributed by atoms with Crippen molar-refractivity contribution in [3.05, 3.63) is 53.6 Å². The number of nitrogens with zero attached hydrogens (tertiary/aromatic N) is 2. The van der Waals surface area contributed by atoms with E-state index in [2.05, 4.69) is 24.4 Å². The van der Waals surface area contributed by atoms with E-state index >= 15 is 0 Å². The normalized spacial score (nSPS) is 11.3. The largest absolute Gasteiger partial charge is 0.351 e. The lowest BCUT2D eigenvalue weighted by Gasteiger charge is -2.12. The van der Waals surface area contributed by atoms with E-state index in [-0.39, 0.29) is 5.91 Å². The summed E-state index contributed by atoms with van der Waals surface area (Å²) in [6, 6.07) is 13.9. The highest BCUT2D eigenvalue weighted by Crippen LogP contribution is 2.24. The summed E-state index contributed by atoms with van der Waals surface area (Å²) in [5.41, 5.74) is 3.50. The van der Waals surface area contributed by atoms with Gasteiger partial charge in [0.2, 0.25) is 0 Å². The number of carbonyl (C=O) groups excluding carboxylic acids is 1. The molecule has 118 valence electrons. The lowest BCUT2D eigenvalue weighted by Crippen LogP contribution is -2.31. The first kappa shape index (κ1) is 15.4. The van der Waals surface area contributed by atoms with Crippen LogP contribution >= 0.6 is 0 Å². The fourth-order valence-electron chi connectivity index (χ4n) is 2.70. The molecule has 3 rings (SSSR count). The monoisotopic (exact) mass is 307 g/mol. The maximum absolute atomic E-state index is 12.5. The molecule has 0 spiro atoms. The van der Waals surface area contributed by atoms with Gasteiger partial charge in [-0.2, -0.15) is 0 Å². The number of amides is 1. The molecule has 0 atom stereocenters. The second kappa shape index (κ2) is 6.34. The molecule has 0 aliphatic heterocycles. The van der Waals surface area contributed by atoms with Gasteiger partial charge in [0.1, 0.15) is 0 Å². The molecule has 4 nitrogen and oxygen atoms in total. The maximum atomic E-state index is 12.5. The molecule has 0 aliphatic rings. The highest BCUT2D eigenvalue weighted by Gasteiger charge is 2.12. The first-order valence-corrected chi connectivity index (χ1v) is 7.78. The van der Waals surface area contributed by atoms with Crippen molar-refractivity contribution < 1.29 is 4.79 Å². The van der Waals surface area contributed by atoms with Crippen LogP contribution in [0.25, 0.3) is 21.8 Å². The van der Waals surface area contributed by atoms with Crippen LogP contribution in [0.2, 0.25) is 0 Å². The molecule has 1 heterocycles. The highest BCUT2D eigenvalue weighted by molar-refractivity contribution is 6.08. The predicted octanol–water partition coefficient (Wildman–Crippen LogP) is 2.99. The second-order valence-electron chi connectivity index (χ2n) is 6.07. The van der Waals surface area contributed by atoms with Crippen LogP contribution in [0.15, 0.2) is 42.5 Å². The van der Waals surface area contributed by atoms with Crippen molar-refractivity contribution in [3.8, 4) is 0 Å². The van der Waals surface area contributed by atoms with Crippen LogP contribution in [0, 0.1) is 6.92 Å². The zero-order valence-electron chi connectivity index (χ0n) is 13.8. The van der Waals surface area contributed by atoms with Crippen LogP contribution in [0.5, 0.6) is 0 Å². The summed E-state index contributed by atoms with van der Waals surface area (Å²) in [6.45, 7) is 3.51. The Morgan fingerprint density at radius 1 is 1.17 bits per heavy atom. The first-order chi connectivity index (χ1) is 11.1. The van der Waals surface area contributed by atoms with E-state index in [1.165, 1.54) is 5.56 Å². The van der Waals surface area contributed by atoms with E-state index in [9.17, 15) is 4.79 Å². The van der Waals surface area contributed by atoms with Crippen LogP contribution in [0.3, 0.4) is 0 Å². The Morgan fingerprint density at radius 3 is 2.74 bits per heavy atom. The third kappa shape index (κ3) is 3.17. The second-order valence-corrected chi connectivity index (χ2v) is 6.07. The standard InChI is InChI=1S/C19H21N3O/c1-13-6-4-9-17-16(13)12-14-7-5-8-15(18(14)21-17)19(23)20-10-11-22(2)3/h4-9,12H,10-11H2,1-3H3,(H,20,23). The number of para-hydroxylation sites is 1. The molecule has 0 fully saturated rings. The molecule has 0 saturated heterocycles. The molecule has 0 radical (unpaired) electrons. The number of nitrogens with one attached hydrogen (secondary N) is 1. The summed E-state index contributed by atoms with van der Waals surface area (Å²) >= 11 is 0. The minimum absolute atomic E-state index is 0.0723. The van der Waals surface area contributed by atoms with Gasteiger partial charge in [0.25, 0.3) is 5.91 Å². The topological polar surface area (TPSA) is 45.2 Å². The van der Waals surface area contributed by atoms with Gasteiger partial charge in [0.05, 0.1) is 16.6 Å². The van der Waals surface area contributed by atoms with Gasteiger partial charge in [-0.3, -0.25) is 4.79 Å². The first-order valence-electron chi connectivity index (χ1n) is 7.78. The Hall–Kier alpha value is -2.46. The Bertz CT molecular complexity index is 871. The number of aryl methyl sites for hydroxylation is 1. The van der Waals surface area contributed by atoms with Crippen LogP contribution < -0.4 is 5.32 Å². The number of pyridine rings is 1. The summed E-state index contributed by atoms with van der Waals surface area (Å²) in [7, 11) is 3.97. The van der Waals surface area contributed by atoms with Crippen molar-refractivity contribution in [2.45, 2.75) is 6.92 Å². The van der Waals surface area contributed by atoms with Gasteiger partial charge in [-0.25, -0.2) is 4.98 Å². The third-order valence-corrected chi connectivity index (χ3v) is 3.99. The molecule has 2 aromatic carbocycles. The predicted molar refractivity (Wildman–Crippen MR) is 94.9 cm³/mol. The van der Waals surface area contributed by atoms with Crippen LogP contribution in [-0.4, -0.2) is 43.0 Å². The average Bonchev–Trinajstić information content (AvgIpc) is 2.52. The average molecular weight is 307 g/mol. The van der Waals surface area contributed by atoms with Gasteiger partial charge in [-0.15, -0.1) is 0 Å². The van der Waals surface area contributed by atoms with Gasteiger partial charge in [0.15, 0.2) is 0 Å². The number of rotatable bonds is 4.